The molecular formula is C13H12N4O2S. The first-order valence-corrected chi connectivity index (χ1v) is 6.91. The molecule has 3 rings (SSSR count). The number of benzene rings is 1. The summed E-state index contributed by atoms with van der Waals surface area (Å²) >= 11 is 1.55. The normalized spacial score (nSPS) is 10.8. The maximum absolute atomic E-state index is 11.9. The van der Waals surface area contributed by atoms with Crippen molar-refractivity contribution in [2.45, 2.75) is 13.5 Å². The summed E-state index contributed by atoms with van der Waals surface area (Å²) in [5.74, 6) is 0. The number of nitrogens with zero attached hydrogens (tertiary/aromatic N) is 1. The van der Waals surface area contributed by atoms with Crippen LogP contribution in [0, 0.1) is 6.92 Å². The third-order valence-corrected chi connectivity index (χ3v) is 4.05. The van der Waals surface area contributed by atoms with Gasteiger partial charge in [0.15, 0.2) is 0 Å². The summed E-state index contributed by atoms with van der Waals surface area (Å²) < 4.78 is 0. The van der Waals surface area contributed by atoms with Crippen LogP contribution in [-0.2, 0) is 6.54 Å². The van der Waals surface area contributed by atoms with E-state index < -0.39 is 0 Å². The van der Waals surface area contributed by atoms with Gasteiger partial charge in [-0.3, -0.25) is 19.8 Å². The van der Waals surface area contributed by atoms with E-state index in [1.165, 1.54) is 0 Å². The number of aromatic amines is 2. The standard InChI is InChI=1S/C13H12N4O2S/c1-7-10(20-6-15-7)5-14-9-4-2-3-8-11(9)13(19)17-16-12(8)18/h2-4,6,14H,5H2,1H3,(H,16,18)(H,17,19). The second kappa shape index (κ2) is 4.93. The molecule has 0 aliphatic heterocycles. The number of rotatable bonds is 3. The van der Waals surface area contributed by atoms with Gasteiger partial charge >= 0.3 is 0 Å². The van der Waals surface area contributed by atoms with E-state index in [0.717, 1.165) is 10.6 Å². The minimum absolute atomic E-state index is 0.308. The monoisotopic (exact) mass is 288 g/mol. The van der Waals surface area contributed by atoms with Gasteiger partial charge in [0.05, 0.1) is 28.5 Å². The average molecular weight is 288 g/mol. The number of hydrogen-bond donors (Lipinski definition) is 3. The fourth-order valence-electron chi connectivity index (χ4n) is 2.05. The fraction of sp³-hybridized carbons (Fsp3) is 0.154. The van der Waals surface area contributed by atoms with Crippen molar-refractivity contribution >= 4 is 27.8 Å². The number of thiazole rings is 1. The van der Waals surface area contributed by atoms with Crippen LogP contribution in [0.5, 0.6) is 0 Å². The molecule has 0 amide bonds. The van der Waals surface area contributed by atoms with E-state index in [1.54, 1.807) is 35.0 Å². The first-order valence-electron chi connectivity index (χ1n) is 6.03. The zero-order valence-corrected chi connectivity index (χ0v) is 11.5. The fourth-order valence-corrected chi connectivity index (χ4v) is 2.77. The Morgan fingerprint density at radius 2 is 2.05 bits per heavy atom. The summed E-state index contributed by atoms with van der Waals surface area (Å²) in [4.78, 5) is 28.9. The lowest BCUT2D eigenvalue weighted by Crippen LogP contribution is -2.20. The van der Waals surface area contributed by atoms with Gasteiger partial charge in [-0.25, -0.2) is 4.98 Å². The number of hydrogen-bond acceptors (Lipinski definition) is 5. The Labute approximate surface area is 117 Å². The molecule has 0 aliphatic rings. The summed E-state index contributed by atoms with van der Waals surface area (Å²) in [6.07, 6.45) is 0. The highest BCUT2D eigenvalue weighted by Crippen LogP contribution is 2.19. The quantitative estimate of drug-likeness (QED) is 0.682. The summed E-state index contributed by atoms with van der Waals surface area (Å²) in [5.41, 5.74) is 2.77. The molecule has 6 nitrogen and oxygen atoms in total. The summed E-state index contributed by atoms with van der Waals surface area (Å²) in [6.45, 7) is 2.51. The van der Waals surface area contributed by atoms with Crippen LogP contribution in [0.15, 0.2) is 33.3 Å². The van der Waals surface area contributed by atoms with Gasteiger partial charge in [-0.05, 0) is 19.1 Å². The largest absolute Gasteiger partial charge is 0.379 e. The SMILES string of the molecule is Cc1ncsc1CNc1cccc2c(=O)[nH][nH]c(=O)c12. The number of anilines is 1. The molecule has 2 heterocycles. The van der Waals surface area contributed by atoms with Gasteiger partial charge in [0.2, 0.25) is 0 Å². The van der Waals surface area contributed by atoms with Crippen LogP contribution in [0.1, 0.15) is 10.6 Å². The Hall–Kier alpha value is -2.41. The molecule has 3 N–H and O–H groups in total. The summed E-state index contributed by atoms with van der Waals surface area (Å²) in [6, 6.07) is 5.17. The van der Waals surface area contributed by atoms with Crippen molar-refractivity contribution in [3.63, 3.8) is 0 Å². The predicted octanol–water partition coefficient (Wildman–Crippen LogP) is 1.59. The minimum atomic E-state index is -0.316. The Morgan fingerprint density at radius 3 is 2.80 bits per heavy atom. The number of nitrogens with one attached hydrogen (secondary N) is 3. The highest BCUT2D eigenvalue weighted by Gasteiger charge is 2.08. The number of aryl methyl sites for hydroxylation is 1. The van der Waals surface area contributed by atoms with Gasteiger partial charge in [0.1, 0.15) is 0 Å². The first-order chi connectivity index (χ1) is 9.66. The van der Waals surface area contributed by atoms with Crippen molar-refractivity contribution in [1.29, 1.82) is 0 Å². The summed E-state index contributed by atoms with van der Waals surface area (Å²) in [5, 5.41) is 8.61. The molecule has 0 unspecified atom stereocenters. The molecule has 0 bridgehead atoms. The van der Waals surface area contributed by atoms with E-state index in [4.69, 9.17) is 0 Å². The molecular weight excluding hydrogens is 276 g/mol. The topological polar surface area (TPSA) is 90.6 Å². The van der Waals surface area contributed by atoms with Crippen molar-refractivity contribution in [1.82, 2.24) is 15.2 Å². The highest BCUT2D eigenvalue weighted by molar-refractivity contribution is 7.09. The van der Waals surface area contributed by atoms with Gasteiger partial charge in [-0.1, -0.05) is 6.07 Å². The van der Waals surface area contributed by atoms with E-state index in [1.807, 2.05) is 6.92 Å². The Bertz CT molecular complexity index is 878. The van der Waals surface area contributed by atoms with Crippen LogP contribution >= 0.6 is 11.3 Å². The molecule has 1 aromatic carbocycles. The first kappa shape index (κ1) is 12.6. The molecule has 3 aromatic rings. The Balaban J connectivity index is 2.04. The van der Waals surface area contributed by atoms with Crippen molar-refractivity contribution in [2.75, 3.05) is 5.32 Å². The van der Waals surface area contributed by atoms with Crippen molar-refractivity contribution in [3.05, 3.63) is 55.0 Å². The van der Waals surface area contributed by atoms with E-state index in [9.17, 15) is 9.59 Å². The molecule has 0 spiro atoms. The molecule has 2 aromatic heterocycles. The minimum Gasteiger partial charge on any atom is -0.379 e. The zero-order valence-electron chi connectivity index (χ0n) is 10.7. The van der Waals surface area contributed by atoms with Crippen molar-refractivity contribution in [3.8, 4) is 0 Å². The van der Waals surface area contributed by atoms with E-state index >= 15 is 0 Å². The molecule has 0 atom stereocenters. The van der Waals surface area contributed by atoms with Gasteiger partial charge in [0.25, 0.3) is 11.1 Å². The Kier molecular flexibility index (Phi) is 3.11. The number of fused-ring (bicyclic) bond motifs is 1. The third-order valence-electron chi connectivity index (χ3n) is 3.11. The molecule has 0 saturated carbocycles. The molecule has 20 heavy (non-hydrogen) atoms. The number of aromatic nitrogens is 3. The van der Waals surface area contributed by atoms with Crippen LogP contribution in [0.25, 0.3) is 10.8 Å². The van der Waals surface area contributed by atoms with Gasteiger partial charge in [-0.15, -0.1) is 11.3 Å². The maximum atomic E-state index is 11.9. The maximum Gasteiger partial charge on any atom is 0.272 e. The van der Waals surface area contributed by atoms with Gasteiger partial charge in [-0.2, -0.15) is 0 Å². The Morgan fingerprint density at radius 1 is 1.25 bits per heavy atom. The predicted molar refractivity (Wildman–Crippen MR) is 79.4 cm³/mol. The van der Waals surface area contributed by atoms with E-state index in [0.29, 0.717) is 23.0 Å². The smallest absolute Gasteiger partial charge is 0.272 e. The molecule has 102 valence electrons. The number of H-pyrrole nitrogens is 2. The van der Waals surface area contributed by atoms with Gasteiger partial charge in [0, 0.05) is 10.6 Å². The molecule has 0 fully saturated rings. The van der Waals surface area contributed by atoms with Crippen LogP contribution in [0.3, 0.4) is 0 Å². The second-order valence-electron chi connectivity index (χ2n) is 4.35. The van der Waals surface area contributed by atoms with E-state index in [-0.39, 0.29) is 11.1 Å². The molecule has 7 heteroatoms. The van der Waals surface area contributed by atoms with Crippen LogP contribution in [0.2, 0.25) is 0 Å². The van der Waals surface area contributed by atoms with Crippen LogP contribution in [-0.4, -0.2) is 15.2 Å². The van der Waals surface area contributed by atoms with E-state index in [2.05, 4.69) is 20.5 Å². The molecule has 0 aliphatic carbocycles. The second-order valence-corrected chi connectivity index (χ2v) is 5.29. The van der Waals surface area contributed by atoms with Crippen LogP contribution < -0.4 is 16.4 Å². The lowest BCUT2D eigenvalue weighted by atomic mass is 10.1. The zero-order chi connectivity index (χ0) is 14.1. The molecule has 0 radical (unpaired) electrons. The summed E-state index contributed by atoms with van der Waals surface area (Å²) in [7, 11) is 0. The lowest BCUT2D eigenvalue weighted by molar-refractivity contribution is 0.976. The highest BCUT2D eigenvalue weighted by atomic mass is 32.1. The lowest BCUT2D eigenvalue weighted by Gasteiger charge is -2.08. The van der Waals surface area contributed by atoms with Crippen molar-refractivity contribution < 1.29 is 0 Å². The van der Waals surface area contributed by atoms with Gasteiger partial charge < -0.3 is 5.32 Å². The molecule has 0 saturated heterocycles. The van der Waals surface area contributed by atoms with Crippen LogP contribution in [0.4, 0.5) is 5.69 Å². The average Bonchev–Trinajstić information content (AvgIpc) is 2.86. The van der Waals surface area contributed by atoms with Crippen molar-refractivity contribution in [2.24, 2.45) is 0 Å². The third kappa shape index (κ3) is 2.12.